The number of nitrogens with zero attached hydrogens (tertiary/aromatic N) is 3. The number of hydrogen-bond acceptors (Lipinski definition) is 8. The molecule has 0 bridgehead atoms. The Morgan fingerprint density at radius 3 is 2.61 bits per heavy atom. The van der Waals surface area contributed by atoms with Gasteiger partial charge in [-0.1, -0.05) is 35.6 Å². The molecule has 8 nitrogen and oxygen atoms in total. The smallest absolute Gasteiger partial charge is 0.228 e. The minimum Gasteiger partial charge on any atom is -0.494 e. The lowest BCUT2D eigenvalue weighted by atomic mass is 10.2. The molecule has 0 spiro atoms. The zero-order chi connectivity index (χ0) is 25.5. The van der Waals surface area contributed by atoms with Crippen LogP contribution >= 0.6 is 11.3 Å². The fourth-order valence-corrected chi connectivity index (χ4v) is 6.70. The van der Waals surface area contributed by atoms with Crippen LogP contribution < -0.4 is 9.64 Å². The zero-order valence-electron chi connectivity index (χ0n) is 20.8. The molecule has 1 fully saturated rings. The van der Waals surface area contributed by atoms with Gasteiger partial charge in [-0.25, -0.2) is 13.4 Å². The number of carbonyl (C=O) groups is 1. The minimum absolute atomic E-state index is 0.0723. The van der Waals surface area contributed by atoms with Crippen molar-refractivity contribution < 1.29 is 22.7 Å². The summed E-state index contributed by atoms with van der Waals surface area (Å²) >= 11 is 1.47. The highest BCUT2D eigenvalue weighted by molar-refractivity contribution is 7.91. The molecule has 194 valence electrons. The van der Waals surface area contributed by atoms with E-state index in [2.05, 4.69) is 4.90 Å². The molecule has 2 aromatic carbocycles. The van der Waals surface area contributed by atoms with Crippen molar-refractivity contribution in [3.8, 4) is 5.75 Å². The van der Waals surface area contributed by atoms with E-state index < -0.39 is 9.84 Å². The number of methoxy groups -OCH3 is 1. The Hall–Kier alpha value is -2.53. The molecule has 0 atom stereocenters. The van der Waals surface area contributed by atoms with Gasteiger partial charge in [0.1, 0.15) is 11.3 Å². The number of benzene rings is 2. The van der Waals surface area contributed by atoms with Crippen molar-refractivity contribution in [3.63, 3.8) is 0 Å². The van der Waals surface area contributed by atoms with Crippen molar-refractivity contribution in [2.45, 2.75) is 31.1 Å². The Bertz CT molecular complexity index is 1270. The van der Waals surface area contributed by atoms with Gasteiger partial charge in [0.05, 0.1) is 35.7 Å². The van der Waals surface area contributed by atoms with E-state index in [0.717, 1.165) is 55.0 Å². The molecule has 0 saturated carbocycles. The summed E-state index contributed by atoms with van der Waals surface area (Å²) in [7, 11) is -1.82. The number of aromatic nitrogens is 1. The van der Waals surface area contributed by atoms with E-state index in [-0.39, 0.29) is 29.4 Å². The number of anilines is 1. The summed E-state index contributed by atoms with van der Waals surface area (Å²) in [5, 5.41) is 0.621. The molecule has 36 heavy (non-hydrogen) atoms. The van der Waals surface area contributed by atoms with Crippen LogP contribution in [0, 0.1) is 6.92 Å². The van der Waals surface area contributed by atoms with Crippen molar-refractivity contribution in [2.75, 3.05) is 57.2 Å². The summed E-state index contributed by atoms with van der Waals surface area (Å²) in [5.74, 6) is 0.487. The van der Waals surface area contributed by atoms with Gasteiger partial charge in [-0.3, -0.25) is 14.6 Å². The normalized spacial score (nSPS) is 14.7. The van der Waals surface area contributed by atoms with Crippen LogP contribution in [0.5, 0.6) is 5.75 Å². The summed E-state index contributed by atoms with van der Waals surface area (Å²) in [5.41, 5.74) is 1.82. The number of amides is 1. The number of sulfone groups is 1. The standard InChI is InChI=1S/C26H33N3O5S2/c1-20-11-12-22(33-2)24-25(20)35-26(27-24)29(14-7-13-28-15-17-34-18-16-28)23(30)10-6-19-36(31,32)21-8-4-3-5-9-21/h3-5,8-9,11-12H,6-7,10,13-19H2,1-2H3. The molecule has 0 aliphatic carbocycles. The third-order valence-electron chi connectivity index (χ3n) is 6.31. The second-order valence-corrected chi connectivity index (χ2v) is 11.9. The van der Waals surface area contributed by atoms with Crippen molar-refractivity contribution in [2.24, 2.45) is 0 Å². The van der Waals surface area contributed by atoms with Crippen LogP contribution in [0.4, 0.5) is 5.13 Å². The van der Waals surface area contributed by atoms with Gasteiger partial charge < -0.3 is 9.47 Å². The van der Waals surface area contributed by atoms with Crippen LogP contribution in [-0.4, -0.2) is 76.5 Å². The second kappa shape index (κ2) is 12.1. The highest BCUT2D eigenvalue weighted by atomic mass is 32.2. The third-order valence-corrected chi connectivity index (χ3v) is 9.34. The molecule has 1 aromatic heterocycles. The molecule has 0 N–H and O–H groups in total. The Balaban J connectivity index is 1.48. The number of carbonyl (C=O) groups excluding carboxylic acids is 1. The highest BCUT2D eigenvalue weighted by Crippen LogP contribution is 2.36. The highest BCUT2D eigenvalue weighted by Gasteiger charge is 2.23. The Labute approximate surface area is 216 Å². The Morgan fingerprint density at radius 2 is 1.89 bits per heavy atom. The van der Waals surface area contributed by atoms with E-state index >= 15 is 0 Å². The monoisotopic (exact) mass is 531 g/mol. The zero-order valence-corrected chi connectivity index (χ0v) is 22.4. The SMILES string of the molecule is COc1ccc(C)c2sc(N(CCCN3CCOCC3)C(=O)CCCS(=O)(=O)c3ccccc3)nc12. The first-order chi connectivity index (χ1) is 17.4. The average Bonchev–Trinajstić information content (AvgIpc) is 3.34. The fourth-order valence-electron chi connectivity index (χ4n) is 4.28. The topological polar surface area (TPSA) is 89.0 Å². The summed E-state index contributed by atoms with van der Waals surface area (Å²) in [6.07, 6.45) is 1.18. The van der Waals surface area contributed by atoms with Gasteiger partial charge in [0.15, 0.2) is 15.0 Å². The first kappa shape index (κ1) is 26.5. The largest absolute Gasteiger partial charge is 0.494 e. The minimum atomic E-state index is -3.43. The average molecular weight is 532 g/mol. The van der Waals surface area contributed by atoms with Crippen molar-refractivity contribution in [1.29, 1.82) is 0 Å². The van der Waals surface area contributed by atoms with Gasteiger partial charge in [0.2, 0.25) is 5.91 Å². The van der Waals surface area contributed by atoms with Crippen LogP contribution in [0.1, 0.15) is 24.8 Å². The summed E-state index contributed by atoms with van der Waals surface area (Å²) in [4.78, 5) is 22.5. The van der Waals surface area contributed by atoms with E-state index in [9.17, 15) is 13.2 Å². The number of morpholine rings is 1. The van der Waals surface area contributed by atoms with Gasteiger partial charge in [-0.15, -0.1) is 0 Å². The fraction of sp³-hybridized carbons (Fsp3) is 0.462. The van der Waals surface area contributed by atoms with Crippen LogP contribution in [0.15, 0.2) is 47.4 Å². The van der Waals surface area contributed by atoms with E-state index in [1.165, 1.54) is 11.3 Å². The maximum Gasteiger partial charge on any atom is 0.228 e. The lowest BCUT2D eigenvalue weighted by Crippen LogP contribution is -2.39. The number of hydrogen-bond donors (Lipinski definition) is 0. The molecule has 0 radical (unpaired) electrons. The molecule has 4 rings (SSSR count). The van der Waals surface area contributed by atoms with Gasteiger partial charge in [-0.05, 0) is 43.5 Å². The Morgan fingerprint density at radius 1 is 1.14 bits per heavy atom. The number of ether oxygens (including phenoxy) is 2. The first-order valence-corrected chi connectivity index (χ1v) is 14.7. The summed E-state index contributed by atoms with van der Waals surface area (Å²) in [6, 6.07) is 12.3. The third kappa shape index (κ3) is 6.42. The van der Waals surface area contributed by atoms with Crippen LogP contribution in [-0.2, 0) is 19.4 Å². The lowest BCUT2D eigenvalue weighted by molar-refractivity contribution is -0.118. The predicted molar refractivity (Wildman–Crippen MR) is 143 cm³/mol. The van der Waals surface area contributed by atoms with Crippen molar-refractivity contribution >= 4 is 42.4 Å². The predicted octanol–water partition coefficient (Wildman–Crippen LogP) is 3.92. The van der Waals surface area contributed by atoms with E-state index in [0.29, 0.717) is 17.4 Å². The molecule has 1 amide bonds. The number of aryl methyl sites for hydroxylation is 1. The molecule has 2 heterocycles. The maximum absolute atomic E-state index is 13.4. The van der Waals surface area contributed by atoms with Gasteiger partial charge >= 0.3 is 0 Å². The summed E-state index contributed by atoms with van der Waals surface area (Å²) < 4.78 is 37.2. The van der Waals surface area contributed by atoms with E-state index in [4.69, 9.17) is 14.5 Å². The second-order valence-electron chi connectivity index (χ2n) is 8.85. The molecule has 1 saturated heterocycles. The lowest BCUT2D eigenvalue weighted by Gasteiger charge is -2.27. The molecule has 1 aliphatic heterocycles. The van der Waals surface area contributed by atoms with E-state index in [1.54, 1.807) is 42.3 Å². The van der Waals surface area contributed by atoms with Crippen LogP contribution in [0.25, 0.3) is 10.2 Å². The quantitative estimate of drug-likeness (QED) is 0.370. The van der Waals surface area contributed by atoms with Crippen molar-refractivity contribution in [1.82, 2.24) is 9.88 Å². The molecule has 1 aliphatic rings. The number of thiazole rings is 1. The van der Waals surface area contributed by atoms with Gasteiger partial charge in [-0.2, -0.15) is 0 Å². The number of fused-ring (bicyclic) bond motifs is 1. The Kier molecular flexibility index (Phi) is 8.95. The molecule has 10 heteroatoms. The maximum atomic E-state index is 13.4. The van der Waals surface area contributed by atoms with E-state index in [1.807, 2.05) is 19.1 Å². The molecule has 3 aromatic rings. The summed E-state index contributed by atoms with van der Waals surface area (Å²) in [6.45, 7) is 6.64. The van der Waals surface area contributed by atoms with Crippen molar-refractivity contribution in [3.05, 3.63) is 48.0 Å². The molecule has 0 unspecified atom stereocenters. The van der Waals surface area contributed by atoms with Gasteiger partial charge in [0, 0.05) is 32.6 Å². The van der Waals surface area contributed by atoms with Crippen LogP contribution in [0.3, 0.4) is 0 Å². The van der Waals surface area contributed by atoms with Gasteiger partial charge in [0.25, 0.3) is 0 Å². The molecular weight excluding hydrogens is 498 g/mol. The first-order valence-electron chi connectivity index (χ1n) is 12.2. The molecular formula is C26H33N3O5S2. The van der Waals surface area contributed by atoms with Crippen LogP contribution in [0.2, 0.25) is 0 Å². The number of rotatable bonds is 11.